The Labute approximate surface area is 124 Å². The highest BCUT2D eigenvalue weighted by atomic mass is 19.1. The van der Waals surface area contributed by atoms with Crippen molar-refractivity contribution in [1.82, 2.24) is 15.5 Å². The number of carbonyl (C=O) groups is 1. The van der Waals surface area contributed by atoms with Gasteiger partial charge in [-0.25, -0.2) is 9.49 Å². The zero-order valence-electron chi connectivity index (χ0n) is 11.5. The highest BCUT2D eigenvalue weighted by Gasteiger charge is 2.13. The first kappa shape index (κ1) is 13.9. The summed E-state index contributed by atoms with van der Waals surface area (Å²) in [5, 5.41) is 9.73. The van der Waals surface area contributed by atoms with Gasteiger partial charge in [0.25, 0.3) is 11.5 Å². The molecule has 0 atom stereocenters. The van der Waals surface area contributed by atoms with E-state index in [1.807, 2.05) is 0 Å². The number of hydrogen-bond acceptors (Lipinski definition) is 3. The van der Waals surface area contributed by atoms with E-state index in [1.54, 1.807) is 36.4 Å². The number of halogens is 1. The number of nitrogens with one attached hydrogen (secondary N) is 2. The van der Waals surface area contributed by atoms with Gasteiger partial charge in [-0.15, -0.1) is 0 Å². The average molecular weight is 297 g/mol. The van der Waals surface area contributed by atoms with E-state index < -0.39 is 5.91 Å². The minimum absolute atomic E-state index is 0.150. The van der Waals surface area contributed by atoms with Crippen LogP contribution in [-0.4, -0.2) is 16.1 Å². The van der Waals surface area contributed by atoms with Gasteiger partial charge >= 0.3 is 0 Å². The molecule has 3 aromatic rings. The molecule has 0 fully saturated rings. The third-order valence-corrected chi connectivity index (χ3v) is 3.28. The number of fused-ring (bicyclic) bond motifs is 1. The second-order valence-electron chi connectivity index (χ2n) is 4.76. The van der Waals surface area contributed by atoms with Crippen LogP contribution >= 0.6 is 0 Å². The molecule has 2 N–H and O–H groups in total. The maximum absolute atomic E-state index is 12.8. The van der Waals surface area contributed by atoms with Crippen LogP contribution < -0.4 is 10.9 Å². The fraction of sp³-hybridized carbons (Fsp3) is 0.0625. The zero-order chi connectivity index (χ0) is 15.5. The van der Waals surface area contributed by atoms with Crippen LogP contribution in [0.25, 0.3) is 10.8 Å². The highest BCUT2D eigenvalue weighted by Crippen LogP contribution is 2.12. The first-order valence-corrected chi connectivity index (χ1v) is 6.65. The van der Waals surface area contributed by atoms with Gasteiger partial charge in [0.15, 0.2) is 5.69 Å². The molecule has 5 nitrogen and oxygen atoms in total. The molecule has 0 radical (unpaired) electrons. The smallest absolute Gasteiger partial charge is 0.272 e. The van der Waals surface area contributed by atoms with Crippen molar-refractivity contribution < 1.29 is 9.18 Å². The summed E-state index contributed by atoms with van der Waals surface area (Å²) in [5.74, 6) is -0.736. The van der Waals surface area contributed by atoms with Crippen molar-refractivity contribution in [3.8, 4) is 0 Å². The minimum atomic E-state index is -0.406. The van der Waals surface area contributed by atoms with Crippen molar-refractivity contribution in [1.29, 1.82) is 0 Å². The molecule has 6 heteroatoms. The van der Waals surface area contributed by atoms with Gasteiger partial charge in [0.05, 0.1) is 5.39 Å². The summed E-state index contributed by atoms with van der Waals surface area (Å²) in [4.78, 5) is 23.9. The zero-order valence-corrected chi connectivity index (χ0v) is 11.5. The van der Waals surface area contributed by atoms with Gasteiger partial charge in [0.2, 0.25) is 0 Å². The Morgan fingerprint density at radius 2 is 1.77 bits per heavy atom. The number of aromatic amines is 1. The van der Waals surface area contributed by atoms with Crippen molar-refractivity contribution in [2.24, 2.45) is 0 Å². The van der Waals surface area contributed by atoms with E-state index >= 15 is 0 Å². The van der Waals surface area contributed by atoms with Crippen molar-refractivity contribution in [2.45, 2.75) is 6.54 Å². The topological polar surface area (TPSA) is 74.8 Å². The maximum atomic E-state index is 12.8. The van der Waals surface area contributed by atoms with Crippen molar-refractivity contribution in [3.05, 3.63) is 76.0 Å². The van der Waals surface area contributed by atoms with Crippen LogP contribution in [0.1, 0.15) is 16.1 Å². The van der Waals surface area contributed by atoms with Crippen LogP contribution in [0.3, 0.4) is 0 Å². The number of hydrogen-bond donors (Lipinski definition) is 2. The largest absolute Gasteiger partial charge is 0.347 e. The van der Waals surface area contributed by atoms with Gasteiger partial charge in [-0.05, 0) is 23.8 Å². The number of aromatic nitrogens is 2. The van der Waals surface area contributed by atoms with E-state index in [0.717, 1.165) is 5.56 Å². The molecule has 0 saturated heterocycles. The van der Waals surface area contributed by atoms with Gasteiger partial charge in [0.1, 0.15) is 5.82 Å². The van der Waals surface area contributed by atoms with Crippen LogP contribution in [0.15, 0.2) is 53.3 Å². The molecule has 2 aromatic carbocycles. The number of H-pyrrole nitrogens is 1. The van der Waals surface area contributed by atoms with Crippen molar-refractivity contribution in [2.75, 3.05) is 0 Å². The summed E-state index contributed by atoms with van der Waals surface area (Å²) in [6, 6.07) is 12.6. The minimum Gasteiger partial charge on any atom is -0.347 e. The lowest BCUT2D eigenvalue weighted by Gasteiger charge is -2.07. The summed E-state index contributed by atoms with van der Waals surface area (Å²) in [5.41, 5.74) is 0.575. The lowest BCUT2D eigenvalue weighted by Crippen LogP contribution is -2.26. The molecule has 0 aliphatic carbocycles. The first-order valence-electron chi connectivity index (χ1n) is 6.65. The number of amides is 1. The molecule has 0 aliphatic rings. The highest BCUT2D eigenvalue weighted by molar-refractivity contribution is 6.04. The molecule has 1 heterocycles. The second-order valence-corrected chi connectivity index (χ2v) is 4.76. The quantitative estimate of drug-likeness (QED) is 0.776. The third-order valence-electron chi connectivity index (χ3n) is 3.28. The Hall–Kier alpha value is -3.02. The molecule has 0 bridgehead atoms. The molecule has 3 rings (SSSR count). The number of benzene rings is 2. The van der Waals surface area contributed by atoms with Crippen LogP contribution in [0.2, 0.25) is 0 Å². The standard InChI is InChI=1S/C16H12FN3O2/c17-11-7-5-10(6-8-11)9-18-16(22)14-12-3-1-2-4-13(12)15(21)20-19-14/h1-8H,9H2,(H,18,22)(H,20,21). The summed E-state index contributed by atoms with van der Waals surface area (Å²) < 4.78 is 12.8. The van der Waals surface area contributed by atoms with E-state index in [4.69, 9.17) is 0 Å². The lowest BCUT2D eigenvalue weighted by molar-refractivity contribution is 0.0946. The van der Waals surface area contributed by atoms with Gasteiger partial charge in [-0.2, -0.15) is 5.10 Å². The normalized spacial score (nSPS) is 10.6. The van der Waals surface area contributed by atoms with Gasteiger partial charge in [-0.3, -0.25) is 9.59 Å². The molecule has 0 saturated carbocycles. The van der Waals surface area contributed by atoms with Gasteiger partial charge in [0, 0.05) is 11.9 Å². The molecular formula is C16H12FN3O2. The third kappa shape index (κ3) is 2.71. The van der Waals surface area contributed by atoms with Crippen LogP contribution in [0.4, 0.5) is 4.39 Å². The maximum Gasteiger partial charge on any atom is 0.272 e. The van der Waals surface area contributed by atoms with E-state index in [1.165, 1.54) is 12.1 Å². The van der Waals surface area contributed by atoms with Gasteiger partial charge in [-0.1, -0.05) is 30.3 Å². The molecule has 0 unspecified atom stereocenters. The molecule has 22 heavy (non-hydrogen) atoms. The molecule has 110 valence electrons. The Morgan fingerprint density at radius 1 is 1.09 bits per heavy atom. The number of nitrogens with zero attached hydrogens (tertiary/aromatic N) is 1. The van der Waals surface area contributed by atoms with E-state index in [9.17, 15) is 14.0 Å². The molecule has 0 spiro atoms. The van der Waals surface area contributed by atoms with E-state index in [0.29, 0.717) is 10.8 Å². The van der Waals surface area contributed by atoms with Gasteiger partial charge < -0.3 is 5.32 Å². The summed E-state index contributed by atoms with van der Waals surface area (Å²) >= 11 is 0. The van der Waals surface area contributed by atoms with Crippen LogP contribution in [0.5, 0.6) is 0 Å². The molecule has 1 aromatic heterocycles. The van der Waals surface area contributed by atoms with Crippen molar-refractivity contribution >= 4 is 16.7 Å². The molecule has 0 aliphatic heterocycles. The Morgan fingerprint density at radius 3 is 2.50 bits per heavy atom. The second kappa shape index (κ2) is 5.77. The Kier molecular flexibility index (Phi) is 3.65. The fourth-order valence-corrected chi connectivity index (χ4v) is 2.16. The number of carbonyl (C=O) groups excluding carboxylic acids is 1. The monoisotopic (exact) mass is 297 g/mol. The SMILES string of the molecule is O=C(NCc1ccc(F)cc1)c1n[nH]c(=O)c2ccccc12. The molecule has 1 amide bonds. The predicted octanol–water partition coefficient (Wildman–Crippen LogP) is 1.99. The summed E-state index contributed by atoms with van der Waals surface area (Å²) in [7, 11) is 0. The first-order chi connectivity index (χ1) is 10.6. The molecular weight excluding hydrogens is 285 g/mol. The Bertz CT molecular complexity index is 888. The number of rotatable bonds is 3. The Balaban J connectivity index is 1.85. The average Bonchev–Trinajstić information content (AvgIpc) is 2.55. The summed E-state index contributed by atoms with van der Waals surface area (Å²) in [6.45, 7) is 0.244. The van der Waals surface area contributed by atoms with E-state index in [2.05, 4.69) is 15.5 Å². The van der Waals surface area contributed by atoms with E-state index in [-0.39, 0.29) is 23.6 Å². The van der Waals surface area contributed by atoms with Crippen molar-refractivity contribution in [3.63, 3.8) is 0 Å². The van der Waals surface area contributed by atoms with Crippen LogP contribution in [0, 0.1) is 5.82 Å². The fourth-order valence-electron chi connectivity index (χ4n) is 2.16. The lowest BCUT2D eigenvalue weighted by atomic mass is 10.1. The predicted molar refractivity (Wildman–Crippen MR) is 79.9 cm³/mol. The summed E-state index contributed by atoms with van der Waals surface area (Å²) in [6.07, 6.45) is 0. The van der Waals surface area contributed by atoms with Crippen LogP contribution in [-0.2, 0) is 6.54 Å².